The maximum absolute atomic E-state index is 10.1. The lowest BCUT2D eigenvalue weighted by Crippen LogP contribution is -1.62. The number of hydrogen-bond acceptors (Lipinski definition) is 0. The third-order valence-corrected chi connectivity index (χ3v) is 0. The summed E-state index contributed by atoms with van der Waals surface area (Å²) in [5.41, 5.74) is 0. The number of hydrogen-bond donors (Lipinski definition) is 0. The molecule has 0 rings (SSSR count). The van der Waals surface area contributed by atoms with Gasteiger partial charge in [0.1, 0.15) is 0 Å². The normalized spacial score (nSPS) is 4.00. The molecule has 0 aromatic rings. The quantitative estimate of drug-likeness (QED) is 0.505. The van der Waals surface area contributed by atoms with Crippen LogP contribution in [-0.2, 0) is 0 Å². The van der Waals surface area contributed by atoms with E-state index in [0.717, 1.165) is 0 Å². The Morgan fingerprint density at radius 3 is 0.778 bits per heavy atom. The summed E-state index contributed by atoms with van der Waals surface area (Å²) in [5, 5.41) is 0. The maximum Gasteiger partial charge on any atom is 0.294 e. The van der Waals surface area contributed by atoms with Gasteiger partial charge < -0.3 is 0 Å². The first kappa shape index (κ1) is 66.9. The molecule has 0 unspecified atom stereocenters. The third kappa shape index (κ3) is 13800. The Morgan fingerprint density at radius 1 is 0.778 bits per heavy atom. The Balaban J connectivity index is -0.00000000450. The molecule has 0 spiro atoms. The standard InChI is InChI=1S/CHF2S.5FH/c2-1(3)4;;;;;/h1H;5*1H. The van der Waals surface area contributed by atoms with Crippen LogP contribution in [0, 0.1) is 0 Å². The summed E-state index contributed by atoms with van der Waals surface area (Å²) in [6, 6.07) is 0. The molecule has 0 fully saturated rings. The van der Waals surface area contributed by atoms with E-state index in [4.69, 9.17) is 0 Å². The average Bonchev–Trinajstić information content (AvgIpc) is 0.811. The van der Waals surface area contributed by atoms with Crippen LogP contribution in [0.3, 0.4) is 0 Å². The fraction of sp³-hybridized carbons (Fsp3) is 1.00. The first-order valence-electron chi connectivity index (χ1n) is 0.672. The summed E-state index contributed by atoms with van der Waals surface area (Å²) in [5.74, 6) is -2.58. The van der Waals surface area contributed by atoms with Gasteiger partial charge in [-0.1, -0.05) is 0 Å². The van der Waals surface area contributed by atoms with Crippen LogP contribution in [0.1, 0.15) is 0 Å². The predicted octanol–water partition coefficient (Wildman–Crippen LogP) is 2.17. The molecule has 1 radical (unpaired) electrons. The zero-order valence-electron chi connectivity index (χ0n) is 3.78. The van der Waals surface area contributed by atoms with Crippen LogP contribution in [0.2, 0.25) is 0 Å². The molecule has 0 bridgehead atoms. The van der Waals surface area contributed by atoms with Crippen LogP contribution >= 0.6 is 12.6 Å². The largest absolute Gasteiger partial charge is 0.294 e. The average molecular weight is 183 g/mol. The highest BCUT2D eigenvalue weighted by Crippen LogP contribution is 1.92. The monoisotopic (exact) mass is 183 g/mol. The second kappa shape index (κ2) is 45.2. The molecule has 0 aromatic carbocycles. The predicted molar refractivity (Wildman–Crippen MR) is 26.1 cm³/mol. The fourth-order valence-electron chi connectivity index (χ4n) is 0. The molecule has 8 heteroatoms. The van der Waals surface area contributed by atoms with Crippen molar-refractivity contribution in [1.29, 1.82) is 0 Å². The summed E-state index contributed by atoms with van der Waals surface area (Å²) in [6.45, 7) is 0. The number of halogens is 7. The molecule has 9 heavy (non-hydrogen) atoms. The molecular weight excluding hydrogens is 177 g/mol. The molecule has 0 heterocycles. The van der Waals surface area contributed by atoms with Crippen molar-refractivity contribution in [1.82, 2.24) is 0 Å². The van der Waals surface area contributed by atoms with Gasteiger partial charge in [-0.3, -0.25) is 23.5 Å². The van der Waals surface area contributed by atoms with Gasteiger partial charge in [0.15, 0.2) is 0 Å². The van der Waals surface area contributed by atoms with E-state index in [9.17, 15) is 8.78 Å². The highest BCUT2D eigenvalue weighted by molar-refractivity contribution is 7.80. The van der Waals surface area contributed by atoms with Crippen LogP contribution in [0.15, 0.2) is 0 Å². The Morgan fingerprint density at radius 2 is 0.778 bits per heavy atom. The third-order valence-electron chi connectivity index (χ3n) is 0. The molecule has 0 aliphatic heterocycles. The van der Waals surface area contributed by atoms with Gasteiger partial charge in [-0.15, -0.1) is 0 Å². The molecule has 0 N–H and O–H groups in total. The van der Waals surface area contributed by atoms with E-state index in [-0.39, 0.29) is 23.5 Å². The second-order valence-electron chi connectivity index (χ2n) is 0.261. The molecule has 0 nitrogen and oxygen atoms in total. The summed E-state index contributed by atoms with van der Waals surface area (Å²) < 4.78 is 20.3. The van der Waals surface area contributed by atoms with E-state index in [1.165, 1.54) is 0 Å². The Bertz CT molecular complexity index is 13.6. The van der Waals surface area contributed by atoms with Crippen LogP contribution < -0.4 is 0 Å². The van der Waals surface area contributed by atoms with Crippen molar-refractivity contribution in [2.45, 2.75) is 5.76 Å². The Labute approximate surface area is 51.9 Å². The molecule has 0 aliphatic rings. The van der Waals surface area contributed by atoms with E-state index in [0.29, 0.717) is 0 Å². The maximum atomic E-state index is 10.1. The van der Waals surface area contributed by atoms with Gasteiger partial charge >= 0.3 is 0 Å². The zero-order chi connectivity index (χ0) is 3.58. The minimum absolute atomic E-state index is 0. The molecule has 0 atom stereocenters. The highest BCUT2D eigenvalue weighted by atomic mass is 32.1. The van der Waals surface area contributed by atoms with Gasteiger partial charge in [0.2, 0.25) is 0 Å². The van der Waals surface area contributed by atoms with Gasteiger partial charge in [0, 0.05) is 0 Å². The van der Waals surface area contributed by atoms with Crippen molar-refractivity contribution in [2.24, 2.45) is 0 Å². The van der Waals surface area contributed by atoms with E-state index < -0.39 is 5.76 Å². The van der Waals surface area contributed by atoms with Crippen LogP contribution in [0.4, 0.5) is 32.3 Å². The van der Waals surface area contributed by atoms with Crippen molar-refractivity contribution in [3.63, 3.8) is 0 Å². The summed E-state index contributed by atoms with van der Waals surface area (Å²) in [6.07, 6.45) is 0. The zero-order valence-corrected chi connectivity index (χ0v) is 4.60. The lowest BCUT2D eigenvalue weighted by Gasteiger charge is -1.67. The molecular formula is CH6F7S. The first-order valence-corrected chi connectivity index (χ1v) is 1.14. The van der Waals surface area contributed by atoms with Gasteiger partial charge in [-0.2, -0.15) is 8.78 Å². The lowest BCUT2D eigenvalue weighted by atomic mass is 11.7. The minimum atomic E-state index is -2.58. The molecule has 0 saturated carbocycles. The second-order valence-corrected chi connectivity index (χ2v) is 0.617. The van der Waals surface area contributed by atoms with E-state index in [1.807, 2.05) is 0 Å². The van der Waals surface area contributed by atoms with Gasteiger partial charge in [-0.05, 0) is 12.6 Å². The van der Waals surface area contributed by atoms with Gasteiger partial charge in [-0.25, -0.2) is 0 Å². The summed E-state index contributed by atoms with van der Waals surface area (Å²) >= 11 is 3.29. The van der Waals surface area contributed by atoms with Gasteiger partial charge in [0.25, 0.3) is 5.76 Å². The highest BCUT2D eigenvalue weighted by Gasteiger charge is 1.83. The topological polar surface area (TPSA) is 0 Å². The molecule has 0 aromatic heterocycles. The minimum Gasteiger partial charge on any atom is -0.269 e. The van der Waals surface area contributed by atoms with Crippen molar-refractivity contribution in [2.75, 3.05) is 0 Å². The van der Waals surface area contributed by atoms with Crippen molar-refractivity contribution >= 4 is 12.6 Å². The van der Waals surface area contributed by atoms with Gasteiger partial charge in [0.05, 0.1) is 0 Å². The summed E-state index contributed by atoms with van der Waals surface area (Å²) in [4.78, 5) is 0. The molecule has 0 saturated heterocycles. The van der Waals surface area contributed by atoms with Crippen molar-refractivity contribution in [3.8, 4) is 0 Å². The van der Waals surface area contributed by atoms with Crippen LogP contribution in [0.25, 0.3) is 0 Å². The summed E-state index contributed by atoms with van der Waals surface area (Å²) in [7, 11) is 0. The van der Waals surface area contributed by atoms with E-state index in [1.54, 1.807) is 0 Å². The number of alkyl halides is 2. The lowest BCUT2D eigenvalue weighted by molar-refractivity contribution is 0.255. The Kier molecular flexibility index (Phi) is 336. The van der Waals surface area contributed by atoms with Crippen LogP contribution in [0.5, 0.6) is 0 Å². The fourth-order valence-corrected chi connectivity index (χ4v) is 0. The van der Waals surface area contributed by atoms with Crippen LogP contribution in [-0.4, -0.2) is 5.76 Å². The SMILES string of the molecule is F.F.F.F.F.FC(F)[S]. The number of rotatable bonds is 0. The Hall–Kier alpha value is -0.140. The molecule has 65 valence electrons. The molecule has 0 aliphatic carbocycles. The first-order chi connectivity index (χ1) is 1.73. The van der Waals surface area contributed by atoms with E-state index >= 15 is 0 Å². The van der Waals surface area contributed by atoms with Crippen molar-refractivity contribution in [3.05, 3.63) is 0 Å². The van der Waals surface area contributed by atoms with E-state index in [2.05, 4.69) is 12.6 Å². The molecule has 0 amide bonds. The van der Waals surface area contributed by atoms with Crippen molar-refractivity contribution < 1.29 is 32.3 Å². The smallest absolute Gasteiger partial charge is 0.269 e.